The first-order valence-corrected chi connectivity index (χ1v) is 10.2. The van der Waals surface area contributed by atoms with Gasteiger partial charge in [0.15, 0.2) is 0 Å². The van der Waals surface area contributed by atoms with Crippen LogP contribution in [-0.4, -0.2) is 48.4 Å². The van der Waals surface area contributed by atoms with Crippen LogP contribution in [0.4, 0.5) is 10.5 Å². The van der Waals surface area contributed by atoms with E-state index in [1.54, 1.807) is 0 Å². The number of fused-ring (bicyclic) bond motifs is 2. The molecule has 0 spiro atoms. The van der Waals surface area contributed by atoms with Crippen molar-refractivity contribution in [3.05, 3.63) is 23.3 Å². The number of nitrogens with zero attached hydrogens (tertiary/aromatic N) is 2. The molecule has 5 heteroatoms. The van der Waals surface area contributed by atoms with Crippen LogP contribution in [0.1, 0.15) is 59.1 Å². The van der Waals surface area contributed by atoms with Crippen molar-refractivity contribution in [2.45, 2.75) is 72.0 Å². The summed E-state index contributed by atoms with van der Waals surface area (Å²) in [5.74, 6) is 0.976. The lowest BCUT2D eigenvalue weighted by Crippen LogP contribution is -2.47. The molecule has 0 saturated heterocycles. The van der Waals surface area contributed by atoms with E-state index >= 15 is 0 Å². The van der Waals surface area contributed by atoms with Crippen molar-refractivity contribution in [3.8, 4) is 5.75 Å². The zero-order chi connectivity index (χ0) is 19.8. The van der Waals surface area contributed by atoms with Crippen molar-refractivity contribution in [1.82, 2.24) is 4.90 Å². The Hall–Kier alpha value is -1.91. The fourth-order valence-electron chi connectivity index (χ4n) is 3.92. The van der Waals surface area contributed by atoms with Gasteiger partial charge in [0.25, 0.3) is 0 Å². The molecule has 0 bridgehead atoms. The Morgan fingerprint density at radius 1 is 1.19 bits per heavy atom. The number of amides is 1. The van der Waals surface area contributed by atoms with Gasteiger partial charge < -0.3 is 19.3 Å². The summed E-state index contributed by atoms with van der Waals surface area (Å²) in [5.41, 5.74) is 3.15. The van der Waals surface area contributed by atoms with E-state index in [4.69, 9.17) is 9.47 Å². The Labute approximate surface area is 163 Å². The number of benzene rings is 1. The van der Waals surface area contributed by atoms with Gasteiger partial charge in [-0.1, -0.05) is 6.92 Å². The topological polar surface area (TPSA) is 42.0 Å². The number of anilines is 1. The zero-order valence-corrected chi connectivity index (χ0v) is 17.7. The van der Waals surface area contributed by atoms with Crippen LogP contribution in [0.5, 0.6) is 5.75 Å². The predicted octanol–water partition coefficient (Wildman–Crippen LogP) is 4.41. The van der Waals surface area contributed by atoms with E-state index in [9.17, 15) is 4.79 Å². The lowest BCUT2D eigenvalue weighted by Gasteiger charge is -2.41. The predicted molar refractivity (Wildman–Crippen MR) is 109 cm³/mol. The SMILES string of the molecule is CCCN1CC(C)(C)Oc2cc3c(cc21)CCN(C(=O)OC(C)(C)C)CC3. The van der Waals surface area contributed by atoms with Crippen LogP contribution in [0.2, 0.25) is 0 Å². The van der Waals surface area contributed by atoms with E-state index < -0.39 is 5.60 Å². The first-order chi connectivity index (χ1) is 12.6. The van der Waals surface area contributed by atoms with E-state index in [1.807, 2.05) is 25.7 Å². The molecule has 150 valence electrons. The molecule has 2 aliphatic rings. The summed E-state index contributed by atoms with van der Waals surface area (Å²) in [4.78, 5) is 16.7. The summed E-state index contributed by atoms with van der Waals surface area (Å²) in [6.45, 7) is 15.5. The standard InChI is InChI=1S/C22H34N2O3/c1-7-10-24-15-22(5,6)26-19-14-17-9-12-23(20(25)27-21(2,3)4)11-8-16(17)13-18(19)24/h13-14H,7-12,15H2,1-6H3. The molecule has 0 saturated carbocycles. The molecular formula is C22H34N2O3. The number of ether oxygens (including phenoxy) is 2. The highest BCUT2D eigenvalue weighted by Crippen LogP contribution is 2.40. The van der Waals surface area contributed by atoms with Crippen LogP contribution >= 0.6 is 0 Å². The maximum atomic E-state index is 12.5. The molecule has 2 heterocycles. The number of hydrogen-bond donors (Lipinski definition) is 0. The summed E-state index contributed by atoms with van der Waals surface area (Å²) < 4.78 is 11.9. The number of rotatable bonds is 2. The van der Waals surface area contributed by atoms with Gasteiger partial charge in [-0.25, -0.2) is 4.79 Å². The summed E-state index contributed by atoms with van der Waals surface area (Å²) in [6, 6.07) is 4.49. The Bertz CT molecular complexity index is 706. The monoisotopic (exact) mass is 374 g/mol. The third kappa shape index (κ3) is 4.69. The molecule has 0 aliphatic carbocycles. The van der Waals surface area contributed by atoms with E-state index in [0.29, 0.717) is 13.1 Å². The first-order valence-electron chi connectivity index (χ1n) is 10.2. The van der Waals surface area contributed by atoms with Gasteiger partial charge in [0.1, 0.15) is 17.0 Å². The highest BCUT2D eigenvalue weighted by Gasteiger charge is 2.33. The van der Waals surface area contributed by atoms with Crippen LogP contribution in [0, 0.1) is 0 Å². The maximum Gasteiger partial charge on any atom is 0.410 e. The summed E-state index contributed by atoms with van der Waals surface area (Å²) in [5, 5.41) is 0. The van der Waals surface area contributed by atoms with Crippen LogP contribution < -0.4 is 9.64 Å². The van der Waals surface area contributed by atoms with Gasteiger partial charge in [-0.2, -0.15) is 0 Å². The highest BCUT2D eigenvalue weighted by molar-refractivity contribution is 5.69. The van der Waals surface area contributed by atoms with Crippen molar-refractivity contribution in [1.29, 1.82) is 0 Å². The zero-order valence-electron chi connectivity index (χ0n) is 17.7. The molecule has 2 aliphatic heterocycles. The van der Waals surface area contributed by atoms with E-state index in [1.165, 1.54) is 16.8 Å². The molecule has 0 atom stereocenters. The summed E-state index contributed by atoms with van der Waals surface area (Å²) in [7, 11) is 0. The molecule has 1 aromatic rings. The molecule has 27 heavy (non-hydrogen) atoms. The minimum Gasteiger partial charge on any atom is -0.484 e. The number of hydrogen-bond acceptors (Lipinski definition) is 4. The average Bonchev–Trinajstić information content (AvgIpc) is 2.73. The quantitative estimate of drug-likeness (QED) is 0.769. The molecule has 1 amide bonds. The summed E-state index contributed by atoms with van der Waals surface area (Å²) >= 11 is 0. The van der Waals surface area contributed by atoms with Crippen LogP contribution in [-0.2, 0) is 17.6 Å². The molecular weight excluding hydrogens is 340 g/mol. The van der Waals surface area contributed by atoms with Gasteiger partial charge in [-0.3, -0.25) is 0 Å². The minimum absolute atomic E-state index is 0.191. The second kappa shape index (κ2) is 7.25. The fraction of sp³-hybridized carbons (Fsp3) is 0.682. The van der Waals surface area contributed by atoms with E-state index in [0.717, 1.165) is 38.1 Å². The normalized spacial score (nSPS) is 18.9. The van der Waals surface area contributed by atoms with Gasteiger partial charge >= 0.3 is 6.09 Å². The molecule has 0 aromatic heterocycles. The van der Waals surface area contributed by atoms with Crippen molar-refractivity contribution in [3.63, 3.8) is 0 Å². The molecule has 5 nitrogen and oxygen atoms in total. The van der Waals surface area contributed by atoms with Gasteiger partial charge in [-0.05, 0) is 77.1 Å². The smallest absolute Gasteiger partial charge is 0.410 e. The van der Waals surface area contributed by atoms with Gasteiger partial charge in [-0.15, -0.1) is 0 Å². The third-order valence-electron chi connectivity index (χ3n) is 5.03. The second-order valence-electron chi connectivity index (χ2n) is 9.34. The minimum atomic E-state index is -0.463. The number of carbonyl (C=O) groups excluding carboxylic acids is 1. The number of carbonyl (C=O) groups is 1. The summed E-state index contributed by atoms with van der Waals surface area (Å²) in [6.07, 6.45) is 2.58. The molecule has 1 aromatic carbocycles. The second-order valence-corrected chi connectivity index (χ2v) is 9.34. The van der Waals surface area contributed by atoms with Crippen LogP contribution in [0.25, 0.3) is 0 Å². The Morgan fingerprint density at radius 3 is 2.41 bits per heavy atom. The average molecular weight is 375 g/mol. The van der Waals surface area contributed by atoms with Gasteiger partial charge in [0.05, 0.1) is 12.2 Å². The first kappa shape index (κ1) is 19.8. The highest BCUT2D eigenvalue weighted by atomic mass is 16.6. The van der Waals surface area contributed by atoms with Gasteiger partial charge in [0, 0.05) is 19.6 Å². The van der Waals surface area contributed by atoms with Crippen molar-refractivity contribution in [2.24, 2.45) is 0 Å². The molecule has 3 rings (SSSR count). The third-order valence-corrected chi connectivity index (χ3v) is 5.03. The Balaban J connectivity index is 1.82. The largest absolute Gasteiger partial charge is 0.484 e. The molecule has 0 radical (unpaired) electrons. The maximum absolute atomic E-state index is 12.5. The van der Waals surface area contributed by atoms with Crippen molar-refractivity contribution < 1.29 is 14.3 Å². The van der Waals surface area contributed by atoms with E-state index in [-0.39, 0.29) is 11.7 Å². The fourth-order valence-corrected chi connectivity index (χ4v) is 3.92. The Morgan fingerprint density at radius 2 is 1.81 bits per heavy atom. The van der Waals surface area contributed by atoms with Crippen molar-refractivity contribution in [2.75, 3.05) is 31.1 Å². The van der Waals surface area contributed by atoms with E-state index in [2.05, 4.69) is 37.8 Å². The van der Waals surface area contributed by atoms with Crippen molar-refractivity contribution >= 4 is 11.8 Å². The molecule has 0 N–H and O–H groups in total. The van der Waals surface area contributed by atoms with Crippen LogP contribution in [0.3, 0.4) is 0 Å². The molecule has 0 fully saturated rings. The Kier molecular flexibility index (Phi) is 5.33. The van der Waals surface area contributed by atoms with Gasteiger partial charge in [0.2, 0.25) is 0 Å². The van der Waals surface area contributed by atoms with Crippen LogP contribution in [0.15, 0.2) is 12.1 Å². The lowest BCUT2D eigenvalue weighted by molar-refractivity contribution is 0.0258. The molecule has 0 unspecified atom stereocenters. The lowest BCUT2D eigenvalue weighted by atomic mass is 9.98.